The van der Waals surface area contributed by atoms with Gasteiger partial charge in [0.2, 0.25) is 10.0 Å². The van der Waals surface area contributed by atoms with Crippen LogP contribution in [0.25, 0.3) is 16.9 Å². The van der Waals surface area contributed by atoms with Gasteiger partial charge >= 0.3 is 0 Å². The monoisotopic (exact) mass is 577 g/mol. The van der Waals surface area contributed by atoms with E-state index in [1.165, 1.54) is 22.5 Å². The Bertz CT molecular complexity index is 1490. The van der Waals surface area contributed by atoms with Crippen LogP contribution in [0.3, 0.4) is 0 Å². The lowest BCUT2D eigenvalue weighted by Crippen LogP contribution is -2.39. The van der Waals surface area contributed by atoms with Crippen molar-refractivity contribution in [3.63, 3.8) is 0 Å². The fourth-order valence-electron chi connectivity index (χ4n) is 4.25. The molecule has 1 N–H and O–H groups in total. The molecular weight excluding hydrogens is 557 g/mol. The first kappa shape index (κ1) is 24.2. The number of fused-ring (bicyclic) bond motifs is 1. The molecule has 0 amide bonds. The zero-order chi connectivity index (χ0) is 24.6. The van der Waals surface area contributed by atoms with Crippen LogP contribution in [0, 0.1) is 11.7 Å². The number of benzene rings is 2. The Hall–Kier alpha value is -2.53. The molecule has 5 rings (SSSR count). The number of hydrogen-bond acceptors (Lipinski definition) is 5. The summed E-state index contributed by atoms with van der Waals surface area (Å²) >= 11 is 9.92. The summed E-state index contributed by atoms with van der Waals surface area (Å²) in [7, 11) is -3.71. The van der Waals surface area contributed by atoms with Crippen LogP contribution in [0.2, 0.25) is 5.02 Å². The van der Waals surface area contributed by atoms with E-state index in [0.29, 0.717) is 43.1 Å². The van der Waals surface area contributed by atoms with Crippen LogP contribution >= 0.6 is 27.5 Å². The standard InChI is InChI=1S/C24H22BrClFN5O2S/c25-20-15-29-32-23(13-22(30-24(20)32)19-6-1-2-7-21(19)26)28-14-16-8-10-31(11-9-16)35(33,34)18-5-3-4-17(27)12-18/h1-7,12-13,15-16,28H,8-11,14H2. The van der Waals surface area contributed by atoms with Crippen molar-refractivity contribution in [1.82, 2.24) is 18.9 Å². The second-order valence-electron chi connectivity index (χ2n) is 8.42. The number of nitrogens with one attached hydrogen (secondary N) is 1. The zero-order valence-electron chi connectivity index (χ0n) is 18.5. The fourth-order valence-corrected chi connectivity index (χ4v) is 6.33. The van der Waals surface area contributed by atoms with Crippen molar-refractivity contribution in [2.75, 3.05) is 25.0 Å². The maximum atomic E-state index is 13.5. The molecule has 0 bridgehead atoms. The highest BCUT2D eigenvalue weighted by Gasteiger charge is 2.29. The first-order valence-corrected chi connectivity index (χ1v) is 13.7. The average Bonchev–Trinajstić information content (AvgIpc) is 3.24. The number of rotatable bonds is 6. The Kier molecular flexibility index (Phi) is 6.80. The summed E-state index contributed by atoms with van der Waals surface area (Å²) in [5.41, 5.74) is 2.22. The van der Waals surface area contributed by atoms with Gasteiger partial charge in [0.15, 0.2) is 5.65 Å². The molecule has 3 heterocycles. The summed E-state index contributed by atoms with van der Waals surface area (Å²) in [6.45, 7) is 1.41. The molecule has 0 atom stereocenters. The van der Waals surface area contributed by atoms with E-state index in [1.54, 1.807) is 10.7 Å². The molecule has 1 fully saturated rings. The van der Waals surface area contributed by atoms with Crippen molar-refractivity contribution < 1.29 is 12.8 Å². The minimum Gasteiger partial charge on any atom is -0.370 e. The third-order valence-electron chi connectivity index (χ3n) is 6.16. The lowest BCUT2D eigenvalue weighted by molar-refractivity contribution is 0.282. The van der Waals surface area contributed by atoms with Gasteiger partial charge in [-0.2, -0.15) is 13.9 Å². The number of halogens is 3. The Morgan fingerprint density at radius 1 is 1.11 bits per heavy atom. The van der Waals surface area contributed by atoms with E-state index in [9.17, 15) is 12.8 Å². The SMILES string of the molecule is O=S(=O)(c1cccc(F)c1)N1CCC(CNc2cc(-c3ccccc3Cl)nc3c(Br)cnn23)CC1. The molecule has 0 saturated carbocycles. The molecule has 0 aliphatic carbocycles. The van der Waals surface area contributed by atoms with Gasteiger partial charge in [-0.1, -0.05) is 35.9 Å². The van der Waals surface area contributed by atoms with Gasteiger partial charge in [0.05, 0.1) is 21.3 Å². The van der Waals surface area contributed by atoms with Crippen LogP contribution in [0.15, 0.2) is 70.2 Å². The Labute approximate surface area is 216 Å². The molecule has 2 aromatic carbocycles. The van der Waals surface area contributed by atoms with Crippen molar-refractivity contribution in [3.05, 3.63) is 76.1 Å². The van der Waals surface area contributed by atoms with E-state index in [1.807, 2.05) is 30.3 Å². The third-order valence-corrected chi connectivity index (χ3v) is 8.94. The van der Waals surface area contributed by atoms with Gasteiger partial charge in [-0.05, 0) is 59.0 Å². The Morgan fingerprint density at radius 3 is 2.63 bits per heavy atom. The molecule has 0 unspecified atom stereocenters. The number of hydrogen-bond donors (Lipinski definition) is 1. The van der Waals surface area contributed by atoms with Gasteiger partial charge < -0.3 is 5.32 Å². The molecule has 2 aromatic heterocycles. The van der Waals surface area contributed by atoms with E-state index in [-0.39, 0.29) is 10.8 Å². The highest BCUT2D eigenvalue weighted by atomic mass is 79.9. The Balaban J connectivity index is 1.30. The lowest BCUT2D eigenvalue weighted by Gasteiger charge is -2.31. The van der Waals surface area contributed by atoms with Crippen molar-refractivity contribution in [2.45, 2.75) is 17.7 Å². The first-order valence-electron chi connectivity index (χ1n) is 11.1. The second-order valence-corrected chi connectivity index (χ2v) is 11.6. The lowest BCUT2D eigenvalue weighted by atomic mass is 9.98. The fraction of sp³-hybridized carbons (Fsp3) is 0.250. The highest BCUT2D eigenvalue weighted by Crippen LogP contribution is 2.31. The molecule has 182 valence electrons. The molecule has 1 aliphatic rings. The summed E-state index contributed by atoms with van der Waals surface area (Å²) < 4.78 is 43.2. The third kappa shape index (κ3) is 4.93. The van der Waals surface area contributed by atoms with Crippen LogP contribution in [-0.2, 0) is 10.0 Å². The van der Waals surface area contributed by atoms with Crippen molar-refractivity contribution in [1.29, 1.82) is 0 Å². The van der Waals surface area contributed by atoms with Crippen molar-refractivity contribution in [3.8, 4) is 11.3 Å². The van der Waals surface area contributed by atoms with Gasteiger partial charge in [0, 0.05) is 36.3 Å². The largest absolute Gasteiger partial charge is 0.370 e. The molecule has 1 aliphatic heterocycles. The van der Waals surface area contributed by atoms with Crippen LogP contribution in [0.4, 0.5) is 10.2 Å². The van der Waals surface area contributed by atoms with E-state index >= 15 is 0 Å². The summed E-state index contributed by atoms with van der Waals surface area (Å²) in [6.07, 6.45) is 3.07. The summed E-state index contributed by atoms with van der Waals surface area (Å²) in [4.78, 5) is 4.71. The summed E-state index contributed by atoms with van der Waals surface area (Å²) in [6, 6.07) is 14.6. The normalized spacial score (nSPS) is 15.5. The number of anilines is 1. The molecule has 0 spiro atoms. The molecule has 35 heavy (non-hydrogen) atoms. The predicted molar refractivity (Wildman–Crippen MR) is 138 cm³/mol. The summed E-state index contributed by atoms with van der Waals surface area (Å²) in [5, 5.41) is 8.50. The predicted octanol–water partition coefficient (Wildman–Crippen LogP) is 5.46. The number of nitrogens with zero attached hydrogens (tertiary/aromatic N) is 4. The minimum atomic E-state index is -3.71. The molecule has 4 aromatic rings. The number of aromatic nitrogens is 3. The number of sulfonamides is 1. The van der Waals surface area contributed by atoms with Gasteiger partial charge in [0.1, 0.15) is 11.6 Å². The summed E-state index contributed by atoms with van der Waals surface area (Å²) in [5.74, 6) is 0.473. The van der Waals surface area contributed by atoms with E-state index in [0.717, 1.165) is 27.6 Å². The van der Waals surface area contributed by atoms with Gasteiger partial charge in [-0.15, -0.1) is 0 Å². The van der Waals surface area contributed by atoms with Gasteiger partial charge in [-0.3, -0.25) is 0 Å². The quantitative estimate of drug-likeness (QED) is 0.329. The molecule has 7 nitrogen and oxygen atoms in total. The molecule has 0 radical (unpaired) electrons. The maximum Gasteiger partial charge on any atom is 0.243 e. The van der Waals surface area contributed by atoms with Crippen molar-refractivity contribution >= 4 is 49.0 Å². The molecule has 11 heteroatoms. The smallest absolute Gasteiger partial charge is 0.243 e. The van der Waals surface area contributed by atoms with Crippen LogP contribution < -0.4 is 5.32 Å². The van der Waals surface area contributed by atoms with Crippen LogP contribution in [-0.4, -0.2) is 47.0 Å². The van der Waals surface area contributed by atoms with E-state index < -0.39 is 15.8 Å². The van der Waals surface area contributed by atoms with Crippen LogP contribution in [0.5, 0.6) is 0 Å². The second kappa shape index (κ2) is 9.85. The molecule has 1 saturated heterocycles. The van der Waals surface area contributed by atoms with Gasteiger partial charge in [0.25, 0.3) is 0 Å². The van der Waals surface area contributed by atoms with Crippen molar-refractivity contribution in [2.24, 2.45) is 5.92 Å². The van der Waals surface area contributed by atoms with E-state index in [4.69, 9.17) is 16.6 Å². The van der Waals surface area contributed by atoms with Crippen LogP contribution in [0.1, 0.15) is 12.8 Å². The zero-order valence-corrected chi connectivity index (χ0v) is 21.7. The number of piperidine rings is 1. The maximum absolute atomic E-state index is 13.5. The van der Waals surface area contributed by atoms with E-state index in [2.05, 4.69) is 26.3 Å². The molecular formula is C24H22BrClFN5O2S. The minimum absolute atomic E-state index is 0.00962. The average molecular weight is 579 g/mol. The highest BCUT2D eigenvalue weighted by molar-refractivity contribution is 9.10. The van der Waals surface area contributed by atoms with Gasteiger partial charge in [-0.25, -0.2) is 17.8 Å². The topological polar surface area (TPSA) is 79.6 Å². The first-order chi connectivity index (χ1) is 16.8. The Morgan fingerprint density at radius 2 is 1.89 bits per heavy atom.